The Kier molecular flexibility index (Phi) is 7.68. The molecule has 4 aromatic rings. The van der Waals surface area contributed by atoms with Crippen LogP contribution in [0.25, 0.3) is 0 Å². The number of hydrogen-bond donors (Lipinski definition) is 1. The van der Waals surface area contributed by atoms with Crippen molar-refractivity contribution in [3.05, 3.63) is 114 Å². The summed E-state index contributed by atoms with van der Waals surface area (Å²) >= 11 is 0. The first kappa shape index (κ1) is 23.9. The van der Waals surface area contributed by atoms with Crippen molar-refractivity contribution in [2.75, 3.05) is 5.32 Å². The minimum absolute atomic E-state index is 0.184. The van der Waals surface area contributed by atoms with Gasteiger partial charge >= 0.3 is 0 Å². The highest BCUT2D eigenvalue weighted by molar-refractivity contribution is 6.06. The first-order chi connectivity index (χ1) is 17.0. The van der Waals surface area contributed by atoms with Crippen LogP contribution in [0.3, 0.4) is 0 Å². The number of nitrogens with zero attached hydrogens (tertiary/aromatic N) is 2. The highest BCUT2D eigenvalue weighted by Gasteiger charge is 2.15. The maximum atomic E-state index is 12.8. The normalized spacial score (nSPS) is 12.1. The minimum atomic E-state index is -0.184. The second kappa shape index (κ2) is 11.3. The quantitative estimate of drug-likeness (QED) is 0.274. The van der Waals surface area contributed by atoms with Gasteiger partial charge in [0.05, 0.1) is 11.4 Å². The van der Waals surface area contributed by atoms with Gasteiger partial charge < -0.3 is 10.1 Å². The molecule has 3 aromatic carbocycles. The second-order valence-corrected chi connectivity index (χ2v) is 8.44. The maximum Gasteiger partial charge on any atom is 0.255 e. The fraction of sp³-hybridized carbons (Fsp3) is 0.167. The highest BCUT2D eigenvalue weighted by Crippen LogP contribution is 2.28. The zero-order valence-corrected chi connectivity index (χ0v) is 20.2. The van der Waals surface area contributed by atoms with E-state index in [-0.39, 0.29) is 11.8 Å². The Morgan fingerprint density at radius 3 is 2.40 bits per heavy atom. The lowest BCUT2D eigenvalue weighted by Crippen LogP contribution is -2.13. The molecule has 1 heterocycles. The smallest absolute Gasteiger partial charge is 0.255 e. The number of carbonyl (C=O) groups excluding carboxylic acids is 1. The molecule has 4 rings (SSSR count). The lowest BCUT2D eigenvalue weighted by Gasteiger charge is -2.16. The predicted octanol–water partition coefficient (Wildman–Crippen LogP) is 7.60. The molecule has 1 aromatic heterocycles. The lowest BCUT2D eigenvalue weighted by molar-refractivity contribution is 0.102. The molecule has 35 heavy (non-hydrogen) atoms. The zero-order chi connectivity index (χ0) is 24.6. The predicted molar refractivity (Wildman–Crippen MR) is 142 cm³/mol. The summed E-state index contributed by atoms with van der Waals surface area (Å²) in [5, 5.41) is 2.91. The van der Waals surface area contributed by atoms with E-state index in [1.165, 1.54) is 0 Å². The molecule has 0 saturated heterocycles. The number of carbonyl (C=O) groups is 1. The van der Waals surface area contributed by atoms with Crippen molar-refractivity contribution in [1.29, 1.82) is 0 Å². The number of anilines is 1. The van der Waals surface area contributed by atoms with Gasteiger partial charge in [0.2, 0.25) is 0 Å². The van der Waals surface area contributed by atoms with Gasteiger partial charge in [-0.15, -0.1) is 0 Å². The van der Waals surface area contributed by atoms with E-state index in [1.807, 2.05) is 73.7 Å². The molecule has 0 aliphatic carbocycles. The summed E-state index contributed by atoms with van der Waals surface area (Å²) < 4.78 is 6.05. The van der Waals surface area contributed by atoms with Crippen molar-refractivity contribution in [3.8, 4) is 11.5 Å². The number of amides is 1. The Balaban J connectivity index is 1.66. The Bertz CT molecular complexity index is 1320. The molecule has 1 amide bonds. The van der Waals surface area contributed by atoms with Gasteiger partial charge in [-0.25, -0.2) is 0 Å². The first-order valence-corrected chi connectivity index (χ1v) is 11.8. The average Bonchev–Trinajstić information content (AvgIpc) is 2.89. The summed E-state index contributed by atoms with van der Waals surface area (Å²) in [6.45, 7) is 6.32. The van der Waals surface area contributed by atoms with E-state index >= 15 is 0 Å². The van der Waals surface area contributed by atoms with E-state index in [2.05, 4.69) is 30.2 Å². The van der Waals surface area contributed by atoms with E-state index in [1.54, 1.807) is 24.5 Å². The van der Waals surface area contributed by atoms with Crippen molar-refractivity contribution < 1.29 is 9.53 Å². The van der Waals surface area contributed by atoms with E-state index in [9.17, 15) is 4.79 Å². The maximum absolute atomic E-state index is 12.8. The summed E-state index contributed by atoms with van der Waals surface area (Å²) in [7, 11) is 0. The van der Waals surface area contributed by atoms with E-state index in [4.69, 9.17) is 9.73 Å². The number of nitrogens with one attached hydrogen (secondary N) is 1. The number of aryl methyl sites for hydroxylation is 1. The number of para-hydroxylation sites is 1. The molecule has 0 bridgehead atoms. The number of ether oxygens (including phenoxy) is 1. The second-order valence-electron chi connectivity index (χ2n) is 8.44. The van der Waals surface area contributed by atoms with Crippen LogP contribution in [0.2, 0.25) is 0 Å². The van der Waals surface area contributed by atoms with Crippen LogP contribution >= 0.6 is 0 Å². The Morgan fingerprint density at radius 1 is 0.914 bits per heavy atom. The number of hydrogen-bond acceptors (Lipinski definition) is 4. The van der Waals surface area contributed by atoms with Crippen molar-refractivity contribution in [2.45, 2.75) is 27.2 Å². The van der Waals surface area contributed by atoms with Gasteiger partial charge in [0.1, 0.15) is 11.5 Å². The van der Waals surface area contributed by atoms with Crippen LogP contribution < -0.4 is 10.1 Å². The minimum Gasteiger partial charge on any atom is -0.457 e. The lowest BCUT2D eigenvalue weighted by atomic mass is 9.95. The van der Waals surface area contributed by atoms with Crippen LogP contribution in [0.4, 0.5) is 11.4 Å². The molecule has 5 heteroatoms. The molecule has 0 spiro atoms. The highest BCUT2D eigenvalue weighted by atomic mass is 16.5. The van der Waals surface area contributed by atoms with Crippen LogP contribution in [-0.4, -0.2) is 16.6 Å². The van der Waals surface area contributed by atoms with Crippen LogP contribution in [0.15, 0.2) is 102 Å². The summed E-state index contributed by atoms with van der Waals surface area (Å²) in [6, 6.07) is 26.9. The van der Waals surface area contributed by atoms with Crippen LogP contribution in [0, 0.1) is 12.8 Å². The molecule has 0 radical (unpaired) electrons. The van der Waals surface area contributed by atoms with Crippen molar-refractivity contribution in [1.82, 2.24) is 4.98 Å². The van der Waals surface area contributed by atoms with Gasteiger partial charge in [0.25, 0.3) is 5.91 Å². The molecular formula is C30H29N3O2. The average molecular weight is 464 g/mol. The molecular weight excluding hydrogens is 434 g/mol. The Morgan fingerprint density at radius 2 is 1.66 bits per heavy atom. The van der Waals surface area contributed by atoms with Crippen LogP contribution in [0.5, 0.6) is 11.5 Å². The van der Waals surface area contributed by atoms with Crippen LogP contribution in [0.1, 0.15) is 41.8 Å². The Labute approximate surface area is 206 Å². The zero-order valence-electron chi connectivity index (χ0n) is 20.2. The Hall–Kier alpha value is -4.25. The molecule has 0 aliphatic heterocycles. The molecule has 0 aliphatic rings. The van der Waals surface area contributed by atoms with Gasteiger partial charge in [-0.2, -0.15) is 0 Å². The largest absolute Gasteiger partial charge is 0.457 e. The number of aromatic nitrogens is 1. The van der Waals surface area contributed by atoms with Gasteiger partial charge in [-0.1, -0.05) is 50.2 Å². The molecule has 0 saturated carbocycles. The van der Waals surface area contributed by atoms with Gasteiger partial charge in [-0.05, 0) is 78.9 Å². The fourth-order valence-corrected chi connectivity index (χ4v) is 3.64. The molecule has 1 unspecified atom stereocenters. The van der Waals surface area contributed by atoms with E-state index in [0.29, 0.717) is 11.3 Å². The van der Waals surface area contributed by atoms with Crippen molar-refractivity contribution in [3.63, 3.8) is 0 Å². The number of pyridine rings is 1. The standard InChI is InChI=1S/C30H29N3O2/c1-4-21(2)29(23-9-8-12-27(19-23)35-26-10-6-5-7-11-26)33-28-20-24(14-13-22(28)3)30(34)32-25-15-17-31-18-16-25/h5-21H,4H2,1-3H3,(H,31,32,34). The first-order valence-electron chi connectivity index (χ1n) is 11.8. The summed E-state index contributed by atoms with van der Waals surface area (Å²) in [6.07, 6.45) is 4.23. The molecule has 176 valence electrons. The molecule has 5 nitrogen and oxygen atoms in total. The SMILES string of the molecule is CCC(C)C(=Nc1cc(C(=O)Nc2ccncc2)ccc1C)c1cccc(Oc2ccccc2)c1. The van der Waals surface area contributed by atoms with E-state index in [0.717, 1.165) is 40.4 Å². The summed E-state index contributed by atoms with van der Waals surface area (Å²) in [5.41, 5.74) is 4.99. The van der Waals surface area contributed by atoms with Crippen molar-refractivity contribution in [2.24, 2.45) is 10.9 Å². The van der Waals surface area contributed by atoms with Gasteiger partial charge in [0, 0.05) is 23.6 Å². The summed E-state index contributed by atoms with van der Waals surface area (Å²) in [5.74, 6) is 1.58. The van der Waals surface area contributed by atoms with E-state index < -0.39 is 0 Å². The molecule has 1 N–H and O–H groups in total. The number of rotatable bonds is 8. The van der Waals surface area contributed by atoms with Gasteiger partial charge in [-0.3, -0.25) is 14.8 Å². The molecule has 1 atom stereocenters. The number of aliphatic imine (C=N–C) groups is 1. The van der Waals surface area contributed by atoms with Crippen molar-refractivity contribution >= 4 is 23.0 Å². The third-order valence-electron chi connectivity index (χ3n) is 5.84. The monoisotopic (exact) mass is 463 g/mol. The number of benzene rings is 3. The topological polar surface area (TPSA) is 63.6 Å². The van der Waals surface area contributed by atoms with Crippen LogP contribution in [-0.2, 0) is 0 Å². The fourth-order valence-electron chi connectivity index (χ4n) is 3.64. The third-order valence-corrected chi connectivity index (χ3v) is 5.84. The van der Waals surface area contributed by atoms with Gasteiger partial charge in [0.15, 0.2) is 0 Å². The third kappa shape index (κ3) is 6.21. The summed E-state index contributed by atoms with van der Waals surface area (Å²) in [4.78, 5) is 21.9. The molecule has 0 fully saturated rings.